The standard InChI is InChI=1S/C12H14BrF2N3O/c1-17-4-6-18(7-5-17)12(19)16-9-3-2-8(13)10(14)11(9)15/h2-3H,4-7H2,1H3,(H,16,19). The maximum atomic E-state index is 13.6. The summed E-state index contributed by atoms with van der Waals surface area (Å²) in [4.78, 5) is 15.6. The number of nitrogens with one attached hydrogen (secondary N) is 1. The second-order valence-electron chi connectivity index (χ2n) is 4.44. The first-order chi connectivity index (χ1) is 8.99. The van der Waals surface area contributed by atoms with Gasteiger partial charge in [0.05, 0.1) is 10.2 Å². The number of hydrogen-bond donors (Lipinski definition) is 1. The summed E-state index contributed by atoms with van der Waals surface area (Å²) in [5.41, 5.74) is -0.148. The average molecular weight is 334 g/mol. The molecule has 0 radical (unpaired) electrons. The normalized spacial score (nSPS) is 16.5. The first-order valence-electron chi connectivity index (χ1n) is 5.87. The van der Waals surface area contributed by atoms with Crippen LogP contribution in [0, 0.1) is 11.6 Å². The minimum Gasteiger partial charge on any atom is -0.322 e. The second kappa shape index (κ2) is 5.83. The molecule has 4 nitrogen and oxygen atoms in total. The Bertz CT molecular complexity index is 490. The molecule has 0 bridgehead atoms. The lowest BCUT2D eigenvalue weighted by Crippen LogP contribution is -2.48. The SMILES string of the molecule is CN1CCN(C(=O)Nc2ccc(Br)c(F)c2F)CC1. The Hall–Kier alpha value is -1.21. The molecule has 0 atom stereocenters. The van der Waals surface area contributed by atoms with E-state index in [-0.39, 0.29) is 10.2 Å². The van der Waals surface area contributed by atoms with Crippen LogP contribution in [0.5, 0.6) is 0 Å². The third kappa shape index (κ3) is 3.22. The smallest absolute Gasteiger partial charge is 0.322 e. The molecule has 0 saturated carbocycles. The van der Waals surface area contributed by atoms with E-state index in [2.05, 4.69) is 26.1 Å². The molecule has 0 spiro atoms. The number of carbonyl (C=O) groups is 1. The van der Waals surface area contributed by atoms with Crippen LogP contribution in [0.15, 0.2) is 16.6 Å². The van der Waals surface area contributed by atoms with Crippen LogP contribution in [0.1, 0.15) is 0 Å². The van der Waals surface area contributed by atoms with Crippen LogP contribution >= 0.6 is 15.9 Å². The van der Waals surface area contributed by atoms with Crippen LogP contribution < -0.4 is 5.32 Å². The summed E-state index contributed by atoms with van der Waals surface area (Å²) in [5.74, 6) is -2.06. The Morgan fingerprint density at radius 1 is 1.21 bits per heavy atom. The van der Waals surface area contributed by atoms with E-state index in [1.165, 1.54) is 12.1 Å². The number of nitrogens with zero attached hydrogens (tertiary/aromatic N) is 2. The molecule has 1 aliphatic heterocycles. The minimum atomic E-state index is -1.06. The second-order valence-corrected chi connectivity index (χ2v) is 5.30. The van der Waals surface area contributed by atoms with Crippen molar-refractivity contribution < 1.29 is 13.6 Å². The molecule has 2 amide bonds. The molecule has 1 saturated heterocycles. The summed E-state index contributed by atoms with van der Waals surface area (Å²) in [6.45, 7) is 2.68. The van der Waals surface area contributed by atoms with Gasteiger partial charge in [-0.3, -0.25) is 0 Å². The van der Waals surface area contributed by atoms with Gasteiger partial charge in [-0.25, -0.2) is 13.6 Å². The lowest BCUT2D eigenvalue weighted by Gasteiger charge is -2.32. The van der Waals surface area contributed by atoms with E-state index >= 15 is 0 Å². The van der Waals surface area contributed by atoms with E-state index in [0.29, 0.717) is 13.1 Å². The Balaban J connectivity index is 2.05. The van der Waals surface area contributed by atoms with E-state index in [0.717, 1.165) is 13.1 Å². The largest absolute Gasteiger partial charge is 0.322 e. The van der Waals surface area contributed by atoms with Gasteiger partial charge in [-0.05, 0) is 35.1 Å². The lowest BCUT2D eigenvalue weighted by molar-refractivity contribution is 0.164. The summed E-state index contributed by atoms with van der Waals surface area (Å²) in [5, 5.41) is 2.40. The zero-order valence-corrected chi connectivity index (χ0v) is 12.0. The van der Waals surface area contributed by atoms with E-state index in [9.17, 15) is 13.6 Å². The molecule has 0 unspecified atom stereocenters. The van der Waals surface area contributed by atoms with Crippen molar-refractivity contribution in [1.82, 2.24) is 9.80 Å². The zero-order chi connectivity index (χ0) is 14.0. The molecule has 1 fully saturated rings. The molecular weight excluding hydrogens is 320 g/mol. The third-order valence-corrected chi connectivity index (χ3v) is 3.68. The topological polar surface area (TPSA) is 35.6 Å². The number of anilines is 1. The molecule has 7 heteroatoms. The van der Waals surface area contributed by atoms with Crippen molar-refractivity contribution in [2.75, 3.05) is 38.5 Å². The van der Waals surface area contributed by atoms with Crippen LogP contribution in [0.3, 0.4) is 0 Å². The van der Waals surface area contributed by atoms with Crippen molar-refractivity contribution in [3.8, 4) is 0 Å². The summed E-state index contributed by atoms with van der Waals surface area (Å²) in [6.07, 6.45) is 0. The molecule has 1 aromatic carbocycles. The molecule has 0 aromatic heterocycles. The highest BCUT2D eigenvalue weighted by molar-refractivity contribution is 9.10. The van der Waals surface area contributed by atoms with Crippen molar-refractivity contribution >= 4 is 27.6 Å². The van der Waals surface area contributed by atoms with Gasteiger partial charge in [0.25, 0.3) is 0 Å². The molecule has 1 N–H and O–H groups in total. The van der Waals surface area contributed by atoms with Crippen molar-refractivity contribution in [3.63, 3.8) is 0 Å². The molecule has 1 aliphatic rings. The predicted molar refractivity (Wildman–Crippen MR) is 72.1 cm³/mol. The Morgan fingerprint density at radius 2 is 1.84 bits per heavy atom. The fraction of sp³-hybridized carbons (Fsp3) is 0.417. The maximum absolute atomic E-state index is 13.6. The van der Waals surface area contributed by atoms with Crippen molar-refractivity contribution in [2.24, 2.45) is 0 Å². The maximum Gasteiger partial charge on any atom is 0.322 e. The first-order valence-corrected chi connectivity index (χ1v) is 6.66. The van der Waals surface area contributed by atoms with Crippen molar-refractivity contribution in [1.29, 1.82) is 0 Å². The number of amides is 2. The van der Waals surface area contributed by atoms with E-state index < -0.39 is 17.7 Å². The van der Waals surface area contributed by atoms with Crippen LogP contribution in [0.2, 0.25) is 0 Å². The predicted octanol–water partition coefficient (Wildman–Crippen LogP) is 2.51. The van der Waals surface area contributed by atoms with Gasteiger partial charge in [-0.15, -0.1) is 0 Å². The number of halogens is 3. The molecule has 1 heterocycles. The summed E-state index contributed by atoms with van der Waals surface area (Å²) < 4.78 is 27.0. The number of benzene rings is 1. The van der Waals surface area contributed by atoms with Gasteiger partial charge in [0, 0.05) is 26.2 Å². The van der Waals surface area contributed by atoms with Crippen LogP contribution in [-0.4, -0.2) is 49.1 Å². The van der Waals surface area contributed by atoms with Crippen molar-refractivity contribution in [2.45, 2.75) is 0 Å². The average Bonchev–Trinajstić information content (AvgIpc) is 2.40. The van der Waals surface area contributed by atoms with Crippen LogP contribution in [-0.2, 0) is 0 Å². The number of likely N-dealkylation sites (N-methyl/N-ethyl adjacent to an activating group) is 1. The number of rotatable bonds is 1. The number of carbonyl (C=O) groups excluding carboxylic acids is 1. The third-order valence-electron chi connectivity index (χ3n) is 3.07. The fourth-order valence-corrected chi connectivity index (χ4v) is 2.13. The first kappa shape index (κ1) is 14.2. The number of urea groups is 1. The number of piperazine rings is 1. The molecule has 1 aromatic rings. The van der Waals surface area contributed by atoms with E-state index in [1.54, 1.807) is 4.90 Å². The van der Waals surface area contributed by atoms with Crippen molar-refractivity contribution in [3.05, 3.63) is 28.2 Å². The van der Waals surface area contributed by atoms with Gasteiger partial charge in [-0.1, -0.05) is 0 Å². The highest BCUT2D eigenvalue weighted by Crippen LogP contribution is 2.24. The Labute approximate surface area is 118 Å². The highest BCUT2D eigenvalue weighted by Gasteiger charge is 2.21. The summed E-state index contributed by atoms with van der Waals surface area (Å²) >= 11 is 2.89. The Kier molecular flexibility index (Phi) is 4.36. The monoisotopic (exact) mass is 333 g/mol. The quantitative estimate of drug-likeness (QED) is 0.801. The molecule has 19 heavy (non-hydrogen) atoms. The van der Waals surface area contributed by atoms with Gasteiger partial charge in [0.2, 0.25) is 0 Å². The minimum absolute atomic E-state index is 0.0302. The van der Waals surface area contributed by atoms with Crippen LogP contribution in [0.4, 0.5) is 19.3 Å². The fourth-order valence-electron chi connectivity index (χ4n) is 1.83. The van der Waals surface area contributed by atoms with Gasteiger partial charge >= 0.3 is 6.03 Å². The highest BCUT2D eigenvalue weighted by atomic mass is 79.9. The molecule has 0 aliphatic carbocycles. The van der Waals surface area contributed by atoms with E-state index in [1.807, 2.05) is 7.05 Å². The lowest BCUT2D eigenvalue weighted by atomic mass is 10.3. The van der Waals surface area contributed by atoms with Crippen LogP contribution in [0.25, 0.3) is 0 Å². The zero-order valence-electron chi connectivity index (χ0n) is 10.4. The Morgan fingerprint density at radius 3 is 2.47 bits per heavy atom. The van der Waals surface area contributed by atoms with E-state index in [4.69, 9.17) is 0 Å². The van der Waals surface area contributed by atoms with Gasteiger partial charge in [0.1, 0.15) is 0 Å². The molecule has 2 rings (SSSR count). The molecule has 104 valence electrons. The van der Waals surface area contributed by atoms with Gasteiger partial charge < -0.3 is 15.1 Å². The summed E-state index contributed by atoms with van der Waals surface area (Å²) in [6, 6.07) is 2.28. The van der Waals surface area contributed by atoms with Gasteiger partial charge in [0.15, 0.2) is 11.6 Å². The molecular formula is C12H14BrF2N3O. The van der Waals surface area contributed by atoms with Gasteiger partial charge in [-0.2, -0.15) is 0 Å². The summed E-state index contributed by atoms with van der Waals surface area (Å²) in [7, 11) is 1.97. The number of hydrogen-bond acceptors (Lipinski definition) is 2.